The third kappa shape index (κ3) is 3.64. The van der Waals surface area contributed by atoms with Crippen molar-refractivity contribution in [3.63, 3.8) is 0 Å². The van der Waals surface area contributed by atoms with Gasteiger partial charge in [-0.2, -0.15) is 0 Å². The lowest BCUT2D eigenvalue weighted by molar-refractivity contribution is 0.0409. The number of allylic oxidation sites excluding steroid dienone is 1. The van der Waals surface area contributed by atoms with Crippen LogP contribution in [0.25, 0.3) is 0 Å². The Morgan fingerprint density at radius 1 is 1.70 bits per heavy atom. The van der Waals surface area contributed by atoms with E-state index < -0.39 is 6.10 Å². The summed E-state index contributed by atoms with van der Waals surface area (Å²) in [5, 5.41) is 9.17. The Morgan fingerprint density at radius 2 is 2.30 bits per heavy atom. The van der Waals surface area contributed by atoms with Crippen LogP contribution in [-0.4, -0.2) is 24.4 Å². The Morgan fingerprint density at radius 3 is 2.70 bits per heavy atom. The summed E-state index contributed by atoms with van der Waals surface area (Å²) in [6, 6.07) is 0. The van der Waals surface area contributed by atoms with E-state index in [2.05, 4.69) is 6.92 Å². The van der Waals surface area contributed by atoms with Crippen molar-refractivity contribution in [3.8, 4) is 0 Å². The number of aliphatic hydroxyl groups is 1. The molecule has 0 amide bonds. The lowest BCUT2D eigenvalue weighted by Gasteiger charge is -2.12. The van der Waals surface area contributed by atoms with E-state index in [1.165, 1.54) is 7.11 Å². The highest BCUT2D eigenvalue weighted by atomic mass is 16.5. The average Bonchev–Trinajstić information content (AvgIpc) is 1.98. The van der Waals surface area contributed by atoms with Crippen LogP contribution in [0.1, 0.15) is 13.3 Å². The summed E-state index contributed by atoms with van der Waals surface area (Å²) in [5.74, 6) is 0. The van der Waals surface area contributed by atoms with Gasteiger partial charge in [-0.15, -0.1) is 0 Å². The summed E-state index contributed by atoms with van der Waals surface area (Å²) in [6.45, 7) is 5.59. The molecule has 2 atom stereocenters. The van der Waals surface area contributed by atoms with Crippen LogP contribution in [0.3, 0.4) is 0 Å². The Balaban J connectivity index is 3.60. The summed E-state index contributed by atoms with van der Waals surface area (Å²) in [5.41, 5.74) is 0. The Labute approximate surface area is 62.5 Å². The van der Waals surface area contributed by atoms with Gasteiger partial charge in [0.15, 0.2) is 0 Å². The molecule has 0 bridgehead atoms. The highest BCUT2D eigenvalue weighted by Gasteiger charge is 2.07. The summed E-state index contributed by atoms with van der Waals surface area (Å²) in [4.78, 5) is 0. The lowest BCUT2D eigenvalue weighted by Crippen LogP contribution is -2.22. The molecular weight excluding hydrogens is 128 g/mol. The molecule has 59 valence electrons. The second kappa shape index (κ2) is 5.45. The van der Waals surface area contributed by atoms with Gasteiger partial charge >= 0.3 is 0 Å². The SMILES string of the molecule is [CH2]C(OC)C(O)/C=C/CC. The zero-order valence-electron chi connectivity index (χ0n) is 6.58. The van der Waals surface area contributed by atoms with Crippen LogP contribution >= 0.6 is 0 Å². The van der Waals surface area contributed by atoms with Gasteiger partial charge in [0.05, 0.1) is 12.2 Å². The zero-order valence-corrected chi connectivity index (χ0v) is 6.58. The first-order valence-electron chi connectivity index (χ1n) is 3.43. The van der Waals surface area contributed by atoms with E-state index in [0.29, 0.717) is 0 Å². The fourth-order valence-electron chi connectivity index (χ4n) is 0.539. The van der Waals surface area contributed by atoms with Crippen LogP contribution in [0.5, 0.6) is 0 Å². The zero-order chi connectivity index (χ0) is 7.98. The van der Waals surface area contributed by atoms with Crippen molar-refractivity contribution in [3.05, 3.63) is 19.1 Å². The van der Waals surface area contributed by atoms with Crippen LogP contribution in [-0.2, 0) is 4.74 Å². The number of methoxy groups -OCH3 is 1. The van der Waals surface area contributed by atoms with Crippen LogP contribution in [0.15, 0.2) is 12.2 Å². The molecule has 0 aliphatic heterocycles. The third-order valence-electron chi connectivity index (χ3n) is 1.25. The van der Waals surface area contributed by atoms with Crippen LogP contribution in [0.4, 0.5) is 0 Å². The predicted octanol–water partition coefficient (Wildman–Crippen LogP) is 1.16. The molecule has 0 heterocycles. The van der Waals surface area contributed by atoms with Crippen molar-refractivity contribution < 1.29 is 9.84 Å². The molecule has 0 saturated carbocycles. The molecule has 0 aromatic rings. The molecular formula is C8H15O2. The molecule has 1 N–H and O–H groups in total. The minimum absolute atomic E-state index is 0.359. The summed E-state index contributed by atoms with van der Waals surface area (Å²) in [7, 11) is 1.53. The Bertz CT molecular complexity index is 99.4. The van der Waals surface area contributed by atoms with Gasteiger partial charge in [-0.1, -0.05) is 19.1 Å². The molecule has 0 aromatic heterocycles. The van der Waals surface area contributed by atoms with Crippen molar-refractivity contribution in [2.24, 2.45) is 0 Å². The molecule has 0 aliphatic carbocycles. The van der Waals surface area contributed by atoms with E-state index in [0.717, 1.165) is 6.42 Å². The monoisotopic (exact) mass is 143 g/mol. The Hall–Kier alpha value is -0.340. The molecule has 2 heteroatoms. The number of hydrogen-bond donors (Lipinski definition) is 1. The minimum Gasteiger partial charge on any atom is -0.386 e. The normalized spacial score (nSPS) is 17.6. The molecule has 2 nitrogen and oxygen atoms in total. The summed E-state index contributed by atoms with van der Waals surface area (Å²) < 4.78 is 4.80. The molecule has 0 fully saturated rings. The summed E-state index contributed by atoms with van der Waals surface area (Å²) >= 11 is 0. The highest BCUT2D eigenvalue weighted by molar-refractivity contribution is 4.92. The fraction of sp³-hybridized carbons (Fsp3) is 0.625. The number of ether oxygens (including phenoxy) is 1. The first-order valence-corrected chi connectivity index (χ1v) is 3.43. The van der Waals surface area contributed by atoms with Crippen LogP contribution < -0.4 is 0 Å². The van der Waals surface area contributed by atoms with Gasteiger partial charge in [-0.05, 0) is 13.3 Å². The number of rotatable bonds is 4. The molecule has 1 radical (unpaired) electrons. The average molecular weight is 143 g/mol. The predicted molar refractivity (Wildman–Crippen MR) is 41.6 cm³/mol. The molecule has 0 aromatic carbocycles. The maximum Gasteiger partial charge on any atom is 0.0982 e. The molecule has 0 spiro atoms. The first kappa shape index (κ1) is 9.66. The van der Waals surface area contributed by atoms with Crippen molar-refractivity contribution in [1.29, 1.82) is 0 Å². The maximum atomic E-state index is 9.17. The van der Waals surface area contributed by atoms with Gasteiger partial charge < -0.3 is 9.84 Å². The smallest absolute Gasteiger partial charge is 0.0982 e. The molecule has 2 unspecified atom stereocenters. The number of aliphatic hydroxyl groups excluding tert-OH is 1. The van der Waals surface area contributed by atoms with Gasteiger partial charge in [0, 0.05) is 7.11 Å². The second-order valence-corrected chi connectivity index (χ2v) is 2.10. The topological polar surface area (TPSA) is 29.5 Å². The van der Waals surface area contributed by atoms with E-state index in [-0.39, 0.29) is 6.10 Å². The van der Waals surface area contributed by atoms with Crippen molar-refractivity contribution in [2.75, 3.05) is 7.11 Å². The van der Waals surface area contributed by atoms with Crippen LogP contribution in [0, 0.1) is 6.92 Å². The molecule has 0 rings (SSSR count). The van der Waals surface area contributed by atoms with E-state index in [4.69, 9.17) is 4.74 Å². The highest BCUT2D eigenvalue weighted by Crippen LogP contribution is 1.98. The lowest BCUT2D eigenvalue weighted by atomic mass is 10.2. The second-order valence-electron chi connectivity index (χ2n) is 2.10. The van der Waals surface area contributed by atoms with Crippen LogP contribution in [0.2, 0.25) is 0 Å². The minimum atomic E-state index is -0.579. The van der Waals surface area contributed by atoms with E-state index >= 15 is 0 Å². The molecule has 0 saturated heterocycles. The number of hydrogen-bond acceptors (Lipinski definition) is 2. The van der Waals surface area contributed by atoms with E-state index in [1.54, 1.807) is 6.08 Å². The largest absolute Gasteiger partial charge is 0.386 e. The van der Waals surface area contributed by atoms with Gasteiger partial charge in [0.25, 0.3) is 0 Å². The van der Waals surface area contributed by atoms with Crippen molar-refractivity contribution in [1.82, 2.24) is 0 Å². The Kier molecular flexibility index (Phi) is 5.26. The standard InChI is InChI=1S/C8H15O2/c1-4-5-6-8(9)7(2)10-3/h5-9H,2,4H2,1,3H3/b6-5+. The van der Waals surface area contributed by atoms with Gasteiger partial charge in [-0.25, -0.2) is 0 Å². The fourth-order valence-corrected chi connectivity index (χ4v) is 0.539. The van der Waals surface area contributed by atoms with Gasteiger partial charge in [0.1, 0.15) is 0 Å². The molecule has 0 aliphatic rings. The van der Waals surface area contributed by atoms with E-state index in [1.807, 2.05) is 13.0 Å². The summed E-state index contributed by atoms with van der Waals surface area (Å²) in [6.07, 6.45) is 3.57. The third-order valence-corrected chi connectivity index (χ3v) is 1.25. The first-order chi connectivity index (χ1) is 4.72. The quantitative estimate of drug-likeness (QED) is 0.598. The molecule has 10 heavy (non-hydrogen) atoms. The van der Waals surface area contributed by atoms with E-state index in [9.17, 15) is 5.11 Å². The van der Waals surface area contributed by atoms with Gasteiger partial charge in [-0.3, -0.25) is 0 Å². The maximum absolute atomic E-state index is 9.17. The van der Waals surface area contributed by atoms with Crippen molar-refractivity contribution >= 4 is 0 Å². The van der Waals surface area contributed by atoms with Gasteiger partial charge in [0.2, 0.25) is 0 Å². The van der Waals surface area contributed by atoms with Crippen molar-refractivity contribution in [2.45, 2.75) is 25.6 Å².